The lowest BCUT2D eigenvalue weighted by Crippen LogP contribution is -2.41. The van der Waals surface area contributed by atoms with E-state index in [-0.39, 0.29) is 18.0 Å². The molecule has 6 heteroatoms. The Labute approximate surface area is 127 Å². The summed E-state index contributed by atoms with van der Waals surface area (Å²) in [5.74, 6) is -1.62. The largest absolute Gasteiger partial charge is 0.480 e. The molecular formula is C15H17NO4S. The average molecular weight is 307 g/mol. The number of carboxylic acid groups (broad SMARTS) is 1. The molecule has 112 valence electrons. The Morgan fingerprint density at radius 2 is 1.95 bits per heavy atom. The number of allylic oxidation sites excluding steroid dienone is 1. The van der Waals surface area contributed by atoms with Crippen molar-refractivity contribution >= 4 is 28.8 Å². The van der Waals surface area contributed by atoms with E-state index in [4.69, 9.17) is 5.11 Å². The van der Waals surface area contributed by atoms with Crippen molar-refractivity contribution in [2.24, 2.45) is 0 Å². The van der Waals surface area contributed by atoms with Gasteiger partial charge in [0.1, 0.15) is 6.04 Å². The predicted molar refractivity (Wildman–Crippen MR) is 80.9 cm³/mol. The Morgan fingerprint density at radius 3 is 2.52 bits per heavy atom. The van der Waals surface area contributed by atoms with Gasteiger partial charge in [-0.25, -0.2) is 4.79 Å². The summed E-state index contributed by atoms with van der Waals surface area (Å²) in [4.78, 5) is 35.2. The summed E-state index contributed by atoms with van der Waals surface area (Å²) < 4.78 is 0. The monoisotopic (exact) mass is 307 g/mol. The van der Waals surface area contributed by atoms with E-state index in [0.29, 0.717) is 6.42 Å². The fourth-order valence-corrected chi connectivity index (χ4v) is 2.33. The second-order valence-electron chi connectivity index (χ2n) is 4.28. The third-order valence-corrected chi connectivity index (χ3v) is 3.46. The first-order valence-corrected chi connectivity index (χ1v) is 7.23. The van der Waals surface area contributed by atoms with Crippen molar-refractivity contribution in [3.8, 4) is 0 Å². The van der Waals surface area contributed by atoms with Gasteiger partial charge in [-0.2, -0.15) is 0 Å². The van der Waals surface area contributed by atoms with E-state index < -0.39 is 17.9 Å². The maximum absolute atomic E-state index is 11.9. The van der Waals surface area contributed by atoms with Crippen LogP contribution in [0.25, 0.3) is 0 Å². The number of aliphatic carboxylic acids is 1. The van der Waals surface area contributed by atoms with Crippen LogP contribution in [0.3, 0.4) is 0 Å². The summed E-state index contributed by atoms with van der Waals surface area (Å²) in [5, 5.41) is 11.1. The van der Waals surface area contributed by atoms with Gasteiger partial charge in [0, 0.05) is 17.7 Å². The Hall–Kier alpha value is -2.08. The summed E-state index contributed by atoms with van der Waals surface area (Å²) in [6, 6.07) is 7.74. The van der Waals surface area contributed by atoms with Gasteiger partial charge in [-0.3, -0.25) is 9.59 Å². The first-order valence-electron chi connectivity index (χ1n) is 6.41. The minimum Gasteiger partial charge on any atom is -0.480 e. The number of benzene rings is 1. The molecule has 1 atom stereocenters. The second kappa shape index (κ2) is 8.97. The lowest BCUT2D eigenvalue weighted by Gasteiger charge is -2.13. The number of hydrogen-bond donors (Lipinski definition) is 2. The summed E-state index contributed by atoms with van der Waals surface area (Å²) in [6.45, 7) is 3.49. The summed E-state index contributed by atoms with van der Waals surface area (Å²) >= 11 is 0.965. The van der Waals surface area contributed by atoms with Crippen molar-refractivity contribution in [3.05, 3.63) is 43.0 Å². The van der Waals surface area contributed by atoms with Crippen LogP contribution in [0.2, 0.25) is 0 Å². The van der Waals surface area contributed by atoms with Crippen molar-refractivity contribution in [3.63, 3.8) is 0 Å². The molecule has 0 heterocycles. The SMILES string of the molecule is C=CCCC(=O)NC(CC(=O)Sc1ccccc1)C(=O)O. The van der Waals surface area contributed by atoms with E-state index in [9.17, 15) is 14.4 Å². The zero-order valence-corrected chi connectivity index (χ0v) is 12.3. The lowest BCUT2D eigenvalue weighted by atomic mass is 10.2. The minimum atomic E-state index is -1.22. The number of carbonyl (C=O) groups excluding carboxylic acids is 2. The molecule has 2 N–H and O–H groups in total. The Morgan fingerprint density at radius 1 is 1.29 bits per heavy atom. The van der Waals surface area contributed by atoms with Gasteiger partial charge in [0.05, 0.1) is 0 Å². The van der Waals surface area contributed by atoms with Crippen LogP contribution in [0.1, 0.15) is 19.3 Å². The minimum absolute atomic E-state index is 0.160. The molecule has 0 spiro atoms. The molecule has 21 heavy (non-hydrogen) atoms. The maximum Gasteiger partial charge on any atom is 0.326 e. The van der Waals surface area contributed by atoms with E-state index in [1.807, 2.05) is 6.07 Å². The van der Waals surface area contributed by atoms with Gasteiger partial charge in [-0.1, -0.05) is 36.0 Å². The van der Waals surface area contributed by atoms with Gasteiger partial charge < -0.3 is 10.4 Å². The average Bonchev–Trinajstić information content (AvgIpc) is 2.45. The molecule has 5 nitrogen and oxygen atoms in total. The van der Waals surface area contributed by atoms with Crippen LogP contribution in [0.15, 0.2) is 47.9 Å². The van der Waals surface area contributed by atoms with E-state index in [1.165, 1.54) is 0 Å². The van der Waals surface area contributed by atoms with Crippen molar-refractivity contribution in [1.29, 1.82) is 0 Å². The van der Waals surface area contributed by atoms with Gasteiger partial charge in [0.2, 0.25) is 5.91 Å². The van der Waals surface area contributed by atoms with Crippen LogP contribution in [0, 0.1) is 0 Å². The molecule has 0 saturated carbocycles. The fourth-order valence-electron chi connectivity index (χ4n) is 1.53. The van der Waals surface area contributed by atoms with Crippen LogP contribution < -0.4 is 5.32 Å². The third kappa shape index (κ3) is 6.76. The predicted octanol–water partition coefficient (Wildman–Crippen LogP) is 2.23. The summed E-state index contributed by atoms with van der Waals surface area (Å²) in [7, 11) is 0. The van der Waals surface area contributed by atoms with Crippen LogP contribution in [-0.2, 0) is 14.4 Å². The van der Waals surface area contributed by atoms with Gasteiger partial charge in [-0.05, 0) is 18.6 Å². The highest BCUT2D eigenvalue weighted by Crippen LogP contribution is 2.20. The molecule has 0 radical (unpaired) electrons. The third-order valence-electron chi connectivity index (χ3n) is 2.55. The number of amides is 1. The number of carbonyl (C=O) groups is 3. The molecule has 0 aliphatic rings. The summed E-state index contributed by atoms with van der Waals surface area (Å²) in [5.41, 5.74) is 0. The first-order chi connectivity index (χ1) is 10.0. The Bertz CT molecular complexity index is 516. The number of nitrogens with one attached hydrogen (secondary N) is 1. The molecule has 0 bridgehead atoms. The van der Waals surface area contributed by atoms with E-state index in [0.717, 1.165) is 16.7 Å². The zero-order valence-electron chi connectivity index (χ0n) is 11.5. The summed E-state index contributed by atoms with van der Waals surface area (Å²) in [6.07, 6.45) is 1.94. The molecular weight excluding hydrogens is 290 g/mol. The van der Waals surface area contributed by atoms with E-state index in [2.05, 4.69) is 11.9 Å². The zero-order chi connectivity index (χ0) is 15.7. The number of carboxylic acids is 1. The molecule has 0 aliphatic heterocycles. The number of thioether (sulfide) groups is 1. The highest BCUT2D eigenvalue weighted by molar-refractivity contribution is 8.13. The molecule has 0 aliphatic carbocycles. The quantitative estimate of drug-likeness (QED) is 0.568. The van der Waals surface area contributed by atoms with E-state index >= 15 is 0 Å². The smallest absolute Gasteiger partial charge is 0.326 e. The molecule has 1 rings (SSSR count). The van der Waals surface area contributed by atoms with Gasteiger partial charge in [-0.15, -0.1) is 6.58 Å². The number of rotatable bonds is 8. The van der Waals surface area contributed by atoms with Crippen LogP contribution in [-0.4, -0.2) is 28.1 Å². The van der Waals surface area contributed by atoms with Crippen molar-refractivity contribution < 1.29 is 19.5 Å². The molecule has 0 aromatic heterocycles. The molecule has 1 aromatic carbocycles. The maximum atomic E-state index is 11.9. The van der Waals surface area contributed by atoms with Crippen LogP contribution in [0.5, 0.6) is 0 Å². The standard InChI is InChI=1S/C15H17NO4S/c1-2-3-9-13(17)16-12(15(19)20)10-14(18)21-11-7-5-4-6-8-11/h2,4-8,12H,1,3,9-10H2,(H,16,17)(H,19,20). The van der Waals surface area contributed by atoms with Crippen LogP contribution >= 0.6 is 11.8 Å². The number of hydrogen-bond acceptors (Lipinski definition) is 4. The van der Waals surface area contributed by atoms with Gasteiger partial charge in [0.25, 0.3) is 0 Å². The highest BCUT2D eigenvalue weighted by atomic mass is 32.2. The molecule has 1 unspecified atom stereocenters. The first kappa shape index (κ1) is 17.0. The topological polar surface area (TPSA) is 83.5 Å². The van der Waals surface area contributed by atoms with Crippen molar-refractivity contribution in [2.75, 3.05) is 0 Å². The van der Waals surface area contributed by atoms with Gasteiger partial charge >= 0.3 is 5.97 Å². The second-order valence-corrected chi connectivity index (χ2v) is 5.41. The molecule has 1 aromatic rings. The normalized spacial score (nSPS) is 11.4. The highest BCUT2D eigenvalue weighted by Gasteiger charge is 2.23. The molecule has 0 fully saturated rings. The molecule has 1 amide bonds. The lowest BCUT2D eigenvalue weighted by molar-refractivity contribution is -0.142. The van der Waals surface area contributed by atoms with Gasteiger partial charge in [0.15, 0.2) is 5.12 Å². The molecule has 0 saturated heterocycles. The van der Waals surface area contributed by atoms with E-state index in [1.54, 1.807) is 30.3 Å². The van der Waals surface area contributed by atoms with Crippen molar-refractivity contribution in [2.45, 2.75) is 30.2 Å². The van der Waals surface area contributed by atoms with Crippen molar-refractivity contribution in [1.82, 2.24) is 5.32 Å². The fraction of sp³-hybridized carbons (Fsp3) is 0.267. The Balaban J connectivity index is 2.53. The Kier molecular flexibility index (Phi) is 7.25. The van der Waals surface area contributed by atoms with Crippen LogP contribution in [0.4, 0.5) is 0 Å².